The van der Waals surface area contributed by atoms with Crippen LogP contribution in [0.5, 0.6) is 0 Å². The van der Waals surface area contributed by atoms with Crippen LogP contribution < -0.4 is 5.73 Å². The highest BCUT2D eigenvalue weighted by Gasteiger charge is 2.00. The highest BCUT2D eigenvalue weighted by atomic mass is 35.5. The van der Waals surface area contributed by atoms with Crippen molar-refractivity contribution in [1.29, 1.82) is 0 Å². The van der Waals surface area contributed by atoms with E-state index in [-0.39, 0.29) is 0 Å². The molecule has 14 heavy (non-hydrogen) atoms. The summed E-state index contributed by atoms with van der Waals surface area (Å²) in [5.41, 5.74) is 6.81. The molecule has 0 saturated carbocycles. The number of anilines is 1. The summed E-state index contributed by atoms with van der Waals surface area (Å²) in [6, 6.07) is 5.16. The van der Waals surface area contributed by atoms with E-state index in [4.69, 9.17) is 17.3 Å². The van der Waals surface area contributed by atoms with Crippen LogP contribution in [0.4, 0.5) is 5.69 Å². The molecule has 3 nitrogen and oxygen atoms in total. The lowest BCUT2D eigenvalue weighted by molar-refractivity contribution is -0.134. The average molecular weight is 212 g/mol. The lowest BCUT2D eigenvalue weighted by atomic mass is 10.1. The third kappa shape index (κ3) is 2.50. The Morgan fingerprint density at radius 1 is 1.57 bits per heavy atom. The Bertz CT molecular complexity index is 354. The van der Waals surface area contributed by atoms with E-state index in [1.165, 1.54) is 19.3 Å². The predicted octanol–water partition coefficient (Wildman–Crippen LogP) is 2.11. The van der Waals surface area contributed by atoms with Gasteiger partial charge in [0.15, 0.2) is 0 Å². The normalized spacial score (nSPS) is 10.4. The summed E-state index contributed by atoms with van der Waals surface area (Å²) in [4.78, 5) is 10.8. The summed E-state index contributed by atoms with van der Waals surface area (Å²) in [6.07, 6.45) is 2.81. The van der Waals surface area contributed by atoms with Crippen LogP contribution >= 0.6 is 11.6 Å². The number of methoxy groups -OCH3 is 1. The minimum absolute atomic E-state index is 0.440. The van der Waals surface area contributed by atoms with Gasteiger partial charge in [-0.1, -0.05) is 17.7 Å². The highest BCUT2D eigenvalue weighted by Crippen LogP contribution is 2.23. The summed E-state index contributed by atoms with van der Waals surface area (Å²) >= 11 is 5.87. The van der Waals surface area contributed by atoms with Crippen LogP contribution in [-0.4, -0.2) is 13.1 Å². The minimum atomic E-state index is -0.440. The zero-order chi connectivity index (χ0) is 10.6. The van der Waals surface area contributed by atoms with Crippen LogP contribution in [0.2, 0.25) is 5.02 Å². The van der Waals surface area contributed by atoms with E-state index in [9.17, 15) is 4.79 Å². The van der Waals surface area contributed by atoms with E-state index in [0.717, 1.165) is 0 Å². The van der Waals surface area contributed by atoms with Crippen LogP contribution in [-0.2, 0) is 9.53 Å². The van der Waals surface area contributed by atoms with Crippen molar-refractivity contribution >= 4 is 29.3 Å². The molecule has 0 aromatic heterocycles. The SMILES string of the molecule is COC(=O)/C=C/c1c(N)cccc1Cl. The lowest BCUT2D eigenvalue weighted by Crippen LogP contribution is -1.95. The van der Waals surface area contributed by atoms with E-state index < -0.39 is 5.97 Å². The van der Waals surface area contributed by atoms with Crippen LogP contribution in [0.1, 0.15) is 5.56 Å². The second-order valence-electron chi connectivity index (χ2n) is 2.60. The molecule has 1 aromatic rings. The second-order valence-corrected chi connectivity index (χ2v) is 3.01. The van der Waals surface area contributed by atoms with Gasteiger partial charge in [-0.05, 0) is 18.2 Å². The van der Waals surface area contributed by atoms with Crippen LogP contribution in [0.15, 0.2) is 24.3 Å². The standard InChI is InChI=1S/C10H10ClNO2/c1-14-10(13)6-5-7-8(11)3-2-4-9(7)12/h2-6H,12H2,1H3/b6-5+. The zero-order valence-corrected chi connectivity index (χ0v) is 8.41. The summed E-state index contributed by atoms with van der Waals surface area (Å²) in [6.45, 7) is 0. The molecule has 74 valence electrons. The molecule has 0 aliphatic heterocycles. The molecule has 0 aliphatic carbocycles. The summed E-state index contributed by atoms with van der Waals surface area (Å²) in [7, 11) is 1.31. The van der Waals surface area contributed by atoms with E-state index in [2.05, 4.69) is 4.74 Å². The van der Waals surface area contributed by atoms with Gasteiger partial charge in [0.1, 0.15) is 0 Å². The van der Waals surface area contributed by atoms with Crippen molar-refractivity contribution in [2.24, 2.45) is 0 Å². The Morgan fingerprint density at radius 2 is 2.29 bits per heavy atom. The monoisotopic (exact) mass is 211 g/mol. The van der Waals surface area contributed by atoms with E-state index in [1.54, 1.807) is 18.2 Å². The Morgan fingerprint density at radius 3 is 2.86 bits per heavy atom. The molecule has 0 atom stereocenters. The number of hydrogen-bond donors (Lipinski definition) is 1. The summed E-state index contributed by atoms with van der Waals surface area (Å²) in [5.74, 6) is -0.440. The lowest BCUT2D eigenvalue weighted by Gasteiger charge is -2.01. The maximum atomic E-state index is 10.8. The first-order valence-electron chi connectivity index (χ1n) is 3.95. The number of ether oxygens (including phenoxy) is 1. The topological polar surface area (TPSA) is 52.3 Å². The van der Waals surface area contributed by atoms with Gasteiger partial charge in [0.05, 0.1) is 7.11 Å². The first kappa shape index (κ1) is 10.6. The largest absolute Gasteiger partial charge is 0.466 e. The Labute approximate surface area is 87.1 Å². The number of esters is 1. The number of nitrogens with two attached hydrogens (primary N) is 1. The maximum absolute atomic E-state index is 10.8. The van der Waals surface area contributed by atoms with E-state index in [1.807, 2.05) is 0 Å². The number of hydrogen-bond acceptors (Lipinski definition) is 3. The Hall–Kier alpha value is -1.48. The fourth-order valence-corrected chi connectivity index (χ4v) is 1.19. The molecular formula is C10H10ClNO2. The summed E-state index contributed by atoms with van der Waals surface area (Å²) < 4.78 is 4.44. The zero-order valence-electron chi connectivity index (χ0n) is 7.66. The van der Waals surface area contributed by atoms with Gasteiger partial charge in [-0.3, -0.25) is 0 Å². The molecule has 0 aliphatic rings. The first-order chi connectivity index (χ1) is 6.65. The molecule has 0 amide bonds. The predicted molar refractivity (Wildman–Crippen MR) is 56.9 cm³/mol. The minimum Gasteiger partial charge on any atom is -0.466 e. The molecule has 0 bridgehead atoms. The first-order valence-corrected chi connectivity index (χ1v) is 4.33. The van der Waals surface area contributed by atoms with E-state index >= 15 is 0 Å². The number of halogens is 1. The molecule has 0 saturated heterocycles. The van der Waals surface area contributed by atoms with Crippen LogP contribution in [0, 0.1) is 0 Å². The van der Waals surface area contributed by atoms with Crippen LogP contribution in [0.3, 0.4) is 0 Å². The molecule has 0 spiro atoms. The quantitative estimate of drug-likeness (QED) is 0.463. The number of carbonyl (C=O) groups excluding carboxylic acids is 1. The van der Waals surface area contributed by atoms with Gasteiger partial charge in [-0.25, -0.2) is 4.79 Å². The Kier molecular flexibility index (Phi) is 3.54. The second kappa shape index (κ2) is 4.67. The van der Waals surface area contributed by atoms with Crippen molar-refractivity contribution in [1.82, 2.24) is 0 Å². The molecular weight excluding hydrogens is 202 g/mol. The number of nitrogen functional groups attached to an aromatic ring is 1. The fourth-order valence-electron chi connectivity index (χ4n) is 0.949. The number of rotatable bonds is 2. The molecule has 0 radical (unpaired) electrons. The van der Waals surface area contributed by atoms with Gasteiger partial charge in [-0.2, -0.15) is 0 Å². The van der Waals surface area contributed by atoms with Crippen molar-refractivity contribution < 1.29 is 9.53 Å². The van der Waals surface area contributed by atoms with Crippen molar-refractivity contribution in [2.75, 3.05) is 12.8 Å². The molecule has 1 rings (SSSR count). The third-order valence-electron chi connectivity index (χ3n) is 1.67. The highest BCUT2D eigenvalue weighted by molar-refractivity contribution is 6.32. The van der Waals surface area contributed by atoms with Crippen molar-refractivity contribution in [3.8, 4) is 0 Å². The van der Waals surface area contributed by atoms with Crippen molar-refractivity contribution in [2.45, 2.75) is 0 Å². The van der Waals surface area contributed by atoms with Crippen molar-refractivity contribution in [3.05, 3.63) is 34.9 Å². The molecule has 2 N–H and O–H groups in total. The molecule has 1 aromatic carbocycles. The summed E-state index contributed by atoms with van der Waals surface area (Å²) in [5, 5.41) is 0.505. The van der Waals surface area contributed by atoms with E-state index in [0.29, 0.717) is 16.3 Å². The van der Waals surface area contributed by atoms with Gasteiger partial charge in [0.2, 0.25) is 0 Å². The number of benzene rings is 1. The maximum Gasteiger partial charge on any atom is 0.330 e. The number of carbonyl (C=O) groups is 1. The van der Waals surface area contributed by atoms with Gasteiger partial charge in [0, 0.05) is 22.3 Å². The van der Waals surface area contributed by atoms with Gasteiger partial charge < -0.3 is 10.5 Å². The molecule has 0 unspecified atom stereocenters. The fraction of sp³-hybridized carbons (Fsp3) is 0.100. The van der Waals surface area contributed by atoms with Crippen LogP contribution in [0.25, 0.3) is 6.08 Å². The average Bonchev–Trinajstić information content (AvgIpc) is 2.16. The smallest absolute Gasteiger partial charge is 0.330 e. The molecule has 4 heteroatoms. The molecule has 0 heterocycles. The van der Waals surface area contributed by atoms with Gasteiger partial charge >= 0.3 is 5.97 Å². The van der Waals surface area contributed by atoms with Crippen molar-refractivity contribution in [3.63, 3.8) is 0 Å². The Balaban J connectivity index is 2.96. The van der Waals surface area contributed by atoms with Gasteiger partial charge in [-0.15, -0.1) is 0 Å². The third-order valence-corrected chi connectivity index (χ3v) is 2.00. The van der Waals surface area contributed by atoms with Gasteiger partial charge in [0.25, 0.3) is 0 Å². The molecule has 0 fully saturated rings.